The summed E-state index contributed by atoms with van der Waals surface area (Å²) in [4.78, 5) is 12.0. The molecule has 0 amide bonds. The van der Waals surface area contributed by atoms with Crippen molar-refractivity contribution in [2.24, 2.45) is 0 Å². The van der Waals surface area contributed by atoms with Crippen molar-refractivity contribution in [2.45, 2.75) is 6.42 Å². The van der Waals surface area contributed by atoms with E-state index in [1.165, 1.54) is 0 Å². The van der Waals surface area contributed by atoms with Crippen molar-refractivity contribution in [2.75, 3.05) is 30.0 Å². The number of nitrogens with zero attached hydrogens (tertiary/aromatic N) is 3. The summed E-state index contributed by atoms with van der Waals surface area (Å²) in [6, 6.07) is 3.78. The van der Waals surface area contributed by atoms with Crippen LogP contribution in [-0.2, 0) is 6.42 Å². The van der Waals surface area contributed by atoms with Gasteiger partial charge in [-0.05, 0) is 12.1 Å². The van der Waals surface area contributed by atoms with Crippen molar-refractivity contribution in [3.63, 3.8) is 0 Å². The third-order valence-electron chi connectivity index (χ3n) is 2.11. The summed E-state index contributed by atoms with van der Waals surface area (Å²) in [5.41, 5.74) is 5.54. The molecule has 7 nitrogen and oxygen atoms in total. The summed E-state index contributed by atoms with van der Waals surface area (Å²) in [5.74, 6) is 1.99. The Labute approximate surface area is 98.5 Å². The number of aromatic nitrogens is 3. The lowest BCUT2D eigenvalue weighted by molar-refractivity contribution is 0.512. The molecular weight excluding hydrogens is 220 g/mol. The summed E-state index contributed by atoms with van der Waals surface area (Å²) in [7, 11) is 1.72. The smallest absolute Gasteiger partial charge is 0.229 e. The summed E-state index contributed by atoms with van der Waals surface area (Å²) < 4.78 is 5.21. The van der Waals surface area contributed by atoms with Gasteiger partial charge < -0.3 is 20.8 Å². The van der Waals surface area contributed by atoms with Gasteiger partial charge >= 0.3 is 0 Å². The van der Waals surface area contributed by atoms with E-state index in [0.29, 0.717) is 18.4 Å². The first-order valence-corrected chi connectivity index (χ1v) is 5.23. The van der Waals surface area contributed by atoms with Crippen LogP contribution in [0.3, 0.4) is 0 Å². The van der Waals surface area contributed by atoms with Crippen molar-refractivity contribution >= 4 is 17.8 Å². The average Bonchev–Trinajstić information content (AvgIpc) is 2.81. The van der Waals surface area contributed by atoms with Gasteiger partial charge in [0.15, 0.2) is 0 Å². The van der Waals surface area contributed by atoms with Crippen molar-refractivity contribution in [3.05, 3.63) is 24.2 Å². The van der Waals surface area contributed by atoms with Crippen molar-refractivity contribution in [1.82, 2.24) is 15.0 Å². The standard InChI is InChI=1S/C10H14N6O/c1-12-9-14-8(11)15-10(16-9)13-5-4-7-3-2-6-17-7/h2-3,6H,4-5H2,1H3,(H4,11,12,13,14,15,16). The second-order valence-corrected chi connectivity index (χ2v) is 3.35. The van der Waals surface area contributed by atoms with Gasteiger partial charge in [0.05, 0.1) is 6.26 Å². The Morgan fingerprint density at radius 2 is 2.12 bits per heavy atom. The summed E-state index contributed by atoms with van der Waals surface area (Å²) in [6.45, 7) is 0.667. The number of hydrogen-bond donors (Lipinski definition) is 3. The molecule has 0 aliphatic rings. The summed E-state index contributed by atoms with van der Waals surface area (Å²) in [6.07, 6.45) is 2.41. The molecule has 0 bridgehead atoms. The van der Waals surface area contributed by atoms with E-state index in [1.54, 1.807) is 13.3 Å². The molecule has 7 heteroatoms. The van der Waals surface area contributed by atoms with Crippen LogP contribution in [0.15, 0.2) is 22.8 Å². The molecule has 0 saturated heterocycles. The Balaban J connectivity index is 1.92. The van der Waals surface area contributed by atoms with E-state index < -0.39 is 0 Å². The Hall–Kier alpha value is -2.31. The lowest BCUT2D eigenvalue weighted by Gasteiger charge is -2.05. The van der Waals surface area contributed by atoms with Crippen LogP contribution in [0.1, 0.15) is 5.76 Å². The number of hydrogen-bond acceptors (Lipinski definition) is 7. The molecule has 0 unspecified atom stereocenters. The summed E-state index contributed by atoms with van der Waals surface area (Å²) >= 11 is 0. The van der Waals surface area contributed by atoms with Crippen LogP contribution >= 0.6 is 0 Å². The van der Waals surface area contributed by atoms with Crippen molar-refractivity contribution in [1.29, 1.82) is 0 Å². The number of rotatable bonds is 5. The molecule has 2 rings (SSSR count). The zero-order valence-corrected chi connectivity index (χ0v) is 9.47. The molecule has 2 aromatic rings. The first-order valence-electron chi connectivity index (χ1n) is 5.23. The molecule has 90 valence electrons. The third-order valence-corrected chi connectivity index (χ3v) is 2.11. The van der Waals surface area contributed by atoms with Crippen LogP contribution in [-0.4, -0.2) is 28.5 Å². The maximum absolute atomic E-state index is 5.54. The van der Waals surface area contributed by atoms with Crippen LogP contribution in [0.25, 0.3) is 0 Å². The van der Waals surface area contributed by atoms with Crippen molar-refractivity contribution in [3.8, 4) is 0 Å². The van der Waals surface area contributed by atoms with Gasteiger partial charge in [0.1, 0.15) is 5.76 Å². The van der Waals surface area contributed by atoms with Gasteiger partial charge in [-0.25, -0.2) is 0 Å². The molecule has 0 fully saturated rings. The first kappa shape index (κ1) is 11.2. The molecule has 2 aromatic heterocycles. The summed E-state index contributed by atoms with van der Waals surface area (Å²) in [5, 5.41) is 5.87. The number of anilines is 3. The van der Waals surface area contributed by atoms with Gasteiger partial charge in [-0.3, -0.25) is 0 Å². The number of furan rings is 1. The largest absolute Gasteiger partial charge is 0.469 e. The Bertz CT molecular complexity index is 470. The highest BCUT2D eigenvalue weighted by atomic mass is 16.3. The minimum absolute atomic E-state index is 0.185. The number of nitrogen functional groups attached to an aromatic ring is 1. The van der Waals surface area contributed by atoms with Gasteiger partial charge in [-0.1, -0.05) is 0 Å². The normalized spacial score (nSPS) is 10.2. The van der Waals surface area contributed by atoms with E-state index in [1.807, 2.05) is 12.1 Å². The fourth-order valence-corrected chi connectivity index (χ4v) is 1.34. The predicted molar refractivity (Wildman–Crippen MR) is 64.7 cm³/mol. The van der Waals surface area contributed by atoms with E-state index in [0.717, 1.165) is 12.2 Å². The van der Waals surface area contributed by atoms with Crippen LogP contribution in [0.5, 0.6) is 0 Å². The Kier molecular flexibility index (Phi) is 3.39. The molecule has 0 saturated carbocycles. The zero-order chi connectivity index (χ0) is 12.1. The molecule has 4 N–H and O–H groups in total. The van der Waals surface area contributed by atoms with E-state index in [-0.39, 0.29) is 5.95 Å². The average molecular weight is 234 g/mol. The fraction of sp³-hybridized carbons (Fsp3) is 0.300. The molecule has 0 atom stereocenters. The first-order chi connectivity index (χ1) is 8.28. The highest BCUT2D eigenvalue weighted by molar-refractivity contribution is 5.39. The number of nitrogens with one attached hydrogen (secondary N) is 2. The predicted octanol–water partition coefficient (Wildman–Crippen LogP) is 0.743. The minimum atomic E-state index is 0.185. The van der Waals surface area contributed by atoms with Gasteiger partial charge in [-0.2, -0.15) is 15.0 Å². The molecule has 17 heavy (non-hydrogen) atoms. The Morgan fingerprint density at radius 1 is 1.29 bits per heavy atom. The van der Waals surface area contributed by atoms with E-state index in [2.05, 4.69) is 25.6 Å². The molecule has 0 aliphatic heterocycles. The minimum Gasteiger partial charge on any atom is -0.469 e. The second-order valence-electron chi connectivity index (χ2n) is 3.35. The monoisotopic (exact) mass is 234 g/mol. The van der Waals surface area contributed by atoms with E-state index in [9.17, 15) is 0 Å². The van der Waals surface area contributed by atoms with E-state index >= 15 is 0 Å². The van der Waals surface area contributed by atoms with Crippen LogP contribution in [0, 0.1) is 0 Å². The van der Waals surface area contributed by atoms with E-state index in [4.69, 9.17) is 10.2 Å². The third kappa shape index (κ3) is 3.07. The lowest BCUT2D eigenvalue weighted by atomic mass is 10.3. The van der Waals surface area contributed by atoms with Gasteiger partial charge in [-0.15, -0.1) is 0 Å². The second kappa shape index (κ2) is 5.15. The molecule has 0 aliphatic carbocycles. The Morgan fingerprint density at radius 3 is 2.82 bits per heavy atom. The topological polar surface area (TPSA) is 102 Å². The number of nitrogens with two attached hydrogens (primary N) is 1. The van der Waals surface area contributed by atoms with Crippen LogP contribution in [0.2, 0.25) is 0 Å². The SMILES string of the molecule is CNc1nc(N)nc(NCCc2ccco2)n1. The van der Waals surface area contributed by atoms with Gasteiger partial charge in [0, 0.05) is 20.0 Å². The molecular formula is C10H14N6O. The highest BCUT2D eigenvalue weighted by Crippen LogP contribution is 2.06. The molecule has 0 aromatic carbocycles. The van der Waals surface area contributed by atoms with Crippen LogP contribution < -0.4 is 16.4 Å². The zero-order valence-electron chi connectivity index (χ0n) is 9.47. The van der Waals surface area contributed by atoms with Crippen molar-refractivity contribution < 1.29 is 4.42 Å². The maximum atomic E-state index is 5.54. The van der Waals surface area contributed by atoms with Gasteiger partial charge in [0.25, 0.3) is 0 Å². The molecule has 2 heterocycles. The molecule has 0 spiro atoms. The lowest BCUT2D eigenvalue weighted by Crippen LogP contribution is -2.11. The molecule has 0 radical (unpaired) electrons. The quantitative estimate of drug-likeness (QED) is 0.701. The van der Waals surface area contributed by atoms with Gasteiger partial charge in [0.2, 0.25) is 17.8 Å². The highest BCUT2D eigenvalue weighted by Gasteiger charge is 2.02. The maximum Gasteiger partial charge on any atom is 0.229 e. The van der Waals surface area contributed by atoms with Crippen LogP contribution in [0.4, 0.5) is 17.8 Å². The fourth-order valence-electron chi connectivity index (χ4n) is 1.34.